The van der Waals surface area contributed by atoms with Crippen LogP contribution in [-0.2, 0) is 0 Å². The Kier molecular flexibility index (Phi) is 3.79. The zero-order valence-corrected chi connectivity index (χ0v) is 13.7. The van der Waals surface area contributed by atoms with Crippen LogP contribution in [0, 0.1) is 6.92 Å². The van der Waals surface area contributed by atoms with Crippen LogP contribution in [-0.4, -0.2) is 29.0 Å². The topological polar surface area (TPSA) is 63.2 Å². The summed E-state index contributed by atoms with van der Waals surface area (Å²) in [5, 5.41) is 7.36. The first-order valence-corrected chi connectivity index (χ1v) is 8.76. The Balaban J connectivity index is 1.39. The summed E-state index contributed by atoms with van der Waals surface area (Å²) < 4.78 is 5.70. The summed E-state index contributed by atoms with van der Waals surface area (Å²) in [6.07, 6.45) is 5.20. The average Bonchev–Trinajstić information content (AvgIpc) is 3.26. The normalized spacial score (nSPS) is 25.5. The molecule has 0 aromatic carbocycles. The zero-order valence-electron chi connectivity index (χ0n) is 12.9. The number of aryl methyl sites for hydroxylation is 1. The molecule has 2 aromatic heterocycles. The molecule has 2 N–H and O–H groups in total. The number of nitrogens with one attached hydrogen (secondary N) is 2. The quantitative estimate of drug-likeness (QED) is 0.905. The van der Waals surface area contributed by atoms with Crippen LogP contribution in [0.5, 0.6) is 10.9 Å². The molecule has 4 rings (SSSR count). The van der Waals surface area contributed by atoms with Gasteiger partial charge in [-0.25, -0.2) is 4.98 Å². The number of ether oxygens (including phenoxy) is 1. The maximum absolute atomic E-state index is 12.4. The van der Waals surface area contributed by atoms with Crippen molar-refractivity contribution >= 4 is 17.2 Å². The van der Waals surface area contributed by atoms with E-state index in [0.717, 1.165) is 18.4 Å². The molecule has 2 aliphatic rings. The first-order valence-electron chi connectivity index (χ1n) is 7.94. The molecule has 2 fully saturated rings. The number of thiophene rings is 1. The highest BCUT2D eigenvalue weighted by atomic mass is 32.1. The number of rotatable bonds is 4. The Morgan fingerprint density at radius 1 is 1.35 bits per heavy atom. The summed E-state index contributed by atoms with van der Waals surface area (Å²) in [6.45, 7) is 1.98. The Morgan fingerprint density at radius 2 is 2.26 bits per heavy atom. The molecule has 2 aliphatic heterocycles. The van der Waals surface area contributed by atoms with Crippen molar-refractivity contribution in [3.05, 3.63) is 40.9 Å². The van der Waals surface area contributed by atoms with Crippen LogP contribution < -0.4 is 15.4 Å². The second-order valence-electron chi connectivity index (χ2n) is 6.26. The second kappa shape index (κ2) is 5.94. The fourth-order valence-electron chi connectivity index (χ4n) is 3.34. The molecule has 0 radical (unpaired) electrons. The zero-order chi connectivity index (χ0) is 15.8. The number of hydrogen-bond donors (Lipinski definition) is 2. The van der Waals surface area contributed by atoms with Gasteiger partial charge in [0.15, 0.2) is 5.06 Å². The molecular weight excluding hydrogens is 310 g/mol. The van der Waals surface area contributed by atoms with Gasteiger partial charge in [-0.05, 0) is 43.9 Å². The smallest absolute Gasteiger partial charge is 0.261 e. The SMILES string of the molecule is Cc1ccc(Oc2ccc(C(=O)NC3CC4CCC3N4)s2)nc1. The third-order valence-electron chi connectivity index (χ3n) is 4.51. The molecule has 6 heteroatoms. The summed E-state index contributed by atoms with van der Waals surface area (Å²) in [7, 11) is 0. The monoisotopic (exact) mass is 329 g/mol. The lowest BCUT2D eigenvalue weighted by Gasteiger charge is -2.20. The van der Waals surface area contributed by atoms with Crippen LogP contribution in [0.3, 0.4) is 0 Å². The molecule has 2 aromatic rings. The number of amides is 1. The number of nitrogens with zero attached hydrogens (tertiary/aromatic N) is 1. The van der Waals surface area contributed by atoms with Gasteiger partial charge in [0.2, 0.25) is 5.88 Å². The fraction of sp³-hybridized carbons (Fsp3) is 0.412. The van der Waals surface area contributed by atoms with E-state index in [-0.39, 0.29) is 11.9 Å². The van der Waals surface area contributed by atoms with Crippen LogP contribution in [0.4, 0.5) is 0 Å². The molecule has 1 amide bonds. The molecular formula is C17H19N3O2S. The maximum atomic E-state index is 12.4. The minimum atomic E-state index is -0.0129. The summed E-state index contributed by atoms with van der Waals surface area (Å²) >= 11 is 1.35. The predicted octanol–water partition coefficient (Wildman–Crippen LogP) is 2.87. The highest BCUT2D eigenvalue weighted by Gasteiger charge is 2.39. The number of fused-ring (bicyclic) bond motifs is 2. The Labute approximate surface area is 139 Å². The van der Waals surface area contributed by atoms with Gasteiger partial charge in [-0.3, -0.25) is 4.79 Å². The summed E-state index contributed by atoms with van der Waals surface area (Å²) in [4.78, 5) is 17.3. The van der Waals surface area contributed by atoms with Crippen molar-refractivity contribution in [2.24, 2.45) is 0 Å². The maximum Gasteiger partial charge on any atom is 0.261 e. The minimum Gasteiger partial charge on any atom is -0.428 e. The van der Waals surface area contributed by atoms with E-state index < -0.39 is 0 Å². The molecule has 23 heavy (non-hydrogen) atoms. The Bertz CT molecular complexity index is 713. The van der Waals surface area contributed by atoms with Crippen LogP contribution in [0.15, 0.2) is 30.5 Å². The number of hydrogen-bond acceptors (Lipinski definition) is 5. The number of pyridine rings is 1. The molecule has 0 aliphatic carbocycles. The van der Waals surface area contributed by atoms with Gasteiger partial charge in [0.25, 0.3) is 5.91 Å². The lowest BCUT2D eigenvalue weighted by Crippen LogP contribution is -2.42. The van der Waals surface area contributed by atoms with Crippen molar-refractivity contribution in [2.75, 3.05) is 0 Å². The van der Waals surface area contributed by atoms with Crippen LogP contribution in [0.25, 0.3) is 0 Å². The highest BCUT2D eigenvalue weighted by Crippen LogP contribution is 2.31. The molecule has 0 saturated carbocycles. The van der Waals surface area contributed by atoms with Gasteiger partial charge in [0, 0.05) is 30.4 Å². The standard InChI is InChI=1S/C17H19N3O2S/c1-10-2-6-15(18-9-10)22-16-7-5-14(23-16)17(21)20-13-8-11-3-4-12(13)19-11/h2,5-7,9,11-13,19H,3-4,8H2,1H3,(H,20,21). The Morgan fingerprint density at radius 3 is 2.96 bits per heavy atom. The fourth-order valence-corrected chi connectivity index (χ4v) is 4.11. The van der Waals surface area contributed by atoms with E-state index in [4.69, 9.17) is 4.74 Å². The summed E-state index contributed by atoms with van der Waals surface area (Å²) in [6, 6.07) is 8.69. The van der Waals surface area contributed by atoms with Gasteiger partial charge >= 0.3 is 0 Å². The molecule has 120 valence electrons. The molecule has 3 atom stereocenters. The van der Waals surface area contributed by atoms with Crippen molar-refractivity contribution in [2.45, 2.75) is 44.3 Å². The van der Waals surface area contributed by atoms with Crippen molar-refractivity contribution < 1.29 is 9.53 Å². The van der Waals surface area contributed by atoms with Crippen LogP contribution >= 0.6 is 11.3 Å². The first kappa shape index (κ1) is 14.7. The lowest BCUT2D eigenvalue weighted by molar-refractivity contribution is 0.0935. The average molecular weight is 329 g/mol. The van der Waals surface area contributed by atoms with Crippen molar-refractivity contribution in [3.63, 3.8) is 0 Å². The molecule has 0 spiro atoms. The largest absolute Gasteiger partial charge is 0.428 e. The van der Waals surface area contributed by atoms with Gasteiger partial charge < -0.3 is 15.4 Å². The van der Waals surface area contributed by atoms with Gasteiger partial charge in [-0.15, -0.1) is 0 Å². The molecule has 5 nitrogen and oxygen atoms in total. The van der Waals surface area contributed by atoms with E-state index in [1.165, 1.54) is 17.8 Å². The minimum absolute atomic E-state index is 0.0129. The first-order chi connectivity index (χ1) is 11.2. The number of carbonyl (C=O) groups excluding carboxylic acids is 1. The second-order valence-corrected chi connectivity index (χ2v) is 7.30. The third-order valence-corrected chi connectivity index (χ3v) is 5.47. The van der Waals surface area contributed by atoms with Gasteiger partial charge in [-0.2, -0.15) is 0 Å². The molecule has 4 heterocycles. The van der Waals surface area contributed by atoms with Crippen molar-refractivity contribution in [3.8, 4) is 10.9 Å². The van der Waals surface area contributed by atoms with E-state index in [1.54, 1.807) is 6.20 Å². The van der Waals surface area contributed by atoms with E-state index >= 15 is 0 Å². The number of aromatic nitrogens is 1. The summed E-state index contributed by atoms with van der Waals surface area (Å²) in [5.74, 6) is 0.530. The van der Waals surface area contributed by atoms with Gasteiger partial charge in [0.05, 0.1) is 4.88 Å². The Hall–Kier alpha value is -1.92. The van der Waals surface area contributed by atoms with Crippen LogP contribution in [0.1, 0.15) is 34.5 Å². The predicted molar refractivity (Wildman–Crippen MR) is 89.2 cm³/mol. The van der Waals surface area contributed by atoms with Gasteiger partial charge in [-0.1, -0.05) is 17.4 Å². The third kappa shape index (κ3) is 3.09. The van der Waals surface area contributed by atoms with Crippen molar-refractivity contribution in [1.82, 2.24) is 15.6 Å². The molecule has 2 saturated heterocycles. The number of carbonyl (C=O) groups is 1. The lowest BCUT2D eigenvalue weighted by atomic mass is 9.95. The van der Waals surface area contributed by atoms with Crippen LogP contribution in [0.2, 0.25) is 0 Å². The van der Waals surface area contributed by atoms with Crippen molar-refractivity contribution in [1.29, 1.82) is 0 Å². The molecule has 2 bridgehead atoms. The van der Waals surface area contributed by atoms with E-state index in [1.807, 2.05) is 31.2 Å². The van der Waals surface area contributed by atoms with E-state index in [2.05, 4.69) is 15.6 Å². The van der Waals surface area contributed by atoms with Gasteiger partial charge in [0.1, 0.15) is 0 Å². The van der Waals surface area contributed by atoms with E-state index in [0.29, 0.717) is 27.9 Å². The van der Waals surface area contributed by atoms with E-state index in [9.17, 15) is 4.79 Å². The summed E-state index contributed by atoms with van der Waals surface area (Å²) in [5.41, 5.74) is 1.09. The highest BCUT2D eigenvalue weighted by molar-refractivity contribution is 7.15. The molecule has 3 unspecified atom stereocenters.